The number of ether oxygens (including phenoxy) is 2. The lowest BCUT2D eigenvalue weighted by Crippen LogP contribution is -2.71. The van der Waals surface area contributed by atoms with Gasteiger partial charge in [0.1, 0.15) is 24.0 Å². The molecular formula is C12H18N2O4. The van der Waals surface area contributed by atoms with Gasteiger partial charge in [-0.05, 0) is 27.7 Å². The van der Waals surface area contributed by atoms with Crippen LogP contribution in [0.2, 0.25) is 0 Å². The zero-order chi connectivity index (χ0) is 13.7. The van der Waals surface area contributed by atoms with Crippen LogP contribution in [-0.2, 0) is 19.1 Å². The molecule has 100 valence electrons. The van der Waals surface area contributed by atoms with E-state index < -0.39 is 17.6 Å². The second-order valence-electron chi connectivity index (χ2n) is 5.52. The summed E-state index contributed by atoms with van der Waals surface area (Å²) in [7, 11) is 0. The van der Waals surface area contributed by atoms with E-state index in [1.54, 1.807) is 27.7 Å². The Bertz CT molecular complexity index is 436. The summed E-state index contributed by atoms with van der Waals surface area (Å²) in [6.45, 7) is 7.28. The van der Waals surface area contributed by atoms with Crippen molar-refractivity contribution in [2.24, 2.45) is 5.73 Å². The van der Waals surface area contributed by atoms with E-state index in [1.165, 1.54) is 4.90 Å². The van der Waals surface area contributed by atoms with Crippen molar-refractivity contribution in [1.82, 2.24) is 4.90 Å². The molecule has 2 aliphatic heterocycles. The zero-order valence-corrected chi connectivity index (χ0v) is 11.0. The van der Waals surface area contributed by atoms with Crippen molar-refractivity contribution in [3.05, 3.63) is 11.5 Å². The molecule has 2 atom stereocenters. The van der Waals surface area contributed by atoms with Crippen molar-refractivity contribution < 1.29 is 19.1 Å². The summed E-state index contributed by atoms with van der Waals surface area (Å²) in [4.78, 5) is 25.2. The standard InChI is InChI=1S/C12H18N2O4/c1-6-9(11(16)18-12(2,3)4)14-7(5-17-6)8(13)10(14)15/h7-8H,5,13H2,1-4H3/t7-,8-/m1/s1. The van der Waals surface area contributed by atoms with Crippen LogP contribution in [-0.4, -0.2) is 41.1 Å². The van der Waals surface area contributed by atoms with Gasteiger partial charge in [-0.1, -0.05) is 0 Å². The van der Waals surface area contributed by atoms with Gasteiger partial charge in [-0.2, -0.15) is 0 Å². The minimum Gasteiger partial charge on any atom is -0.494 e. The van der Waals surface area contributed by atoms with Gasteiger partial charge in [0.2, 0.25) is 5.91 Å². The Morgan fingerprint density at radius 3 is 2.67 bits per heavy atom. The molecule has 6 nitrogen and oxygen atoms in total. The van der Waals surface area contributed by atoms with Crippen molar-refractivity contribution in [3.63, 3.8) is 0 Å². The first-order valence-corrected chi connectivity index (χ1v) is 5.88. The number of fused-ring (bicyclic) bond motifs is 1. The first kappa shape index (κ1) is 12.9. The largest absolute Gasteiger partial charge is 0.494 e. The third kappa shape index (κ3) is 1.96. The van der Waals surface area contributed by atoms with E-state index in [9.17, 15) is 9.59 Å². The van der Waals surface area contributed by atoms with Crippen molar-refractivity contribution in [1.29, 1.82) is 0 Å². The molecule has 0 radical (unpaired) electrons. The van der Waals surface area contributed by atoms with Gasteiger partial charge < -0.3 is 15.2 Å². The molecule has 0 spiro atoms. The van der Waals surface area contributed by atoms with Crippen LogP contribution in [0.4, 0.5) is 0 Å². The fourth-order valence-corrected chi connectivity index (χ4v) is 2.04. The van der Waals surface area contributed by atoms with Gasteiger partial charge in [-0.25, -0.2) is 4.79 Å². The normalized spacial score (nSPS) is 27.4. The first-order chi connectivity index (χ1) is 8.22. The summed E-state index contributed by atoms with van der Waals surface area (Å²) < 4.78 is 10.7. The van der Waals surface area contributed by atoms with Crippen molar-refractivity contribution in [3.8, 4) is 0 Å². The molecule has 0 unspecified atom stereocenters. The number of carbonyl (C=O) groups excluding carboxylic acids is 2. The highest BCUT2D eigenvalue weighted by atomic mass is 16.6. The van der Waals surface area contributed by atoms with Gasteiger partial charge in [0, 0.05) is 0 Å². The summed E-state index contributed by atoms with van der Waals surface area (Å²) >= 11 is 0. The van der Waals surface area contributed by atoms with Crippen LogP contribution >= 0.6 is 0 Å². The maximum atomic E-state index is 12.1. The van der Waals surface area contributed by atoms with E-state index in [4.69, 9.17) is 15.2 Å². The number of hydrogen-bond donors (Lipinski definition) is 1. The second-order valence-corrected chi connectivity index (χ2v) is 5.52. The molecule has 2 rings (SSSR count). The summed E-state index contributed by atoms with van der Waals surface area (Å²) in [6, 6.07) is -0.848. The molecule has 2 N–H and O–H groups in total. The molecule has 2 heterocycles. The smallest absolute Gasteiger partial charge is 0.359 e. The lowest BCUT2D eigenvalue weighted by atomic mass is 9.94. The van der Waals surface area contributed by atoms with Gasteiger partial charge in [0.05, 0.1) is 6.04 Å². The fourth-order valence-electron chi connectivity index (χ4n) is 2.04. The molecule has 6 heteroatoms. The van der Waals surface area contributed by atoms with Crippen LogP contribution in [0, 0.1) is 0 Å². The Balaban J connectivity index is 2.25. The fraction of sp³-hybridized carbons (Fsp3) is 0.667. The Labute approximate surface area is 106 Å². The van der Waals surface area contributed by atoms with Crippen molar-refractivity contribution in [2.75, 3.05) is 6.61 Å². The maximum absolute atomic E-state index is 12.1. The third-order valence-corrected chi connectivity index (χ3v) is 2.91. The molecule has 0 bridgehead atoms. The lowest BCUT2D eigenvalue weighted by molar-refractivity contribution is -0.164. The van der Waals surface area contributed by atoms with Crippen LogP contribution < -0.4 is 5.73 Å². The highest BCUT2D eigenvalue weighted by Crippen LogP contribution is 2.32. The molecule has 1 saturated heterocycles. The van der Waals surface area contributed by atoms with Crippen LogP contribution in [0.5, 0.6) is 0 Å². The molecule has 0 aromatic rings. The number of rotatable bonds is 1. The molecule has 0 saturated carbocycles. The first-order valence-electron chi connectivity index (χ1n) is 5.88. The van der Waals surface area contributed by atoms with E-state index in [0.717, 1.165) is 0 Å². The number of amides is 1. The molecule has 2 aliphatic rings. The Hall–Kier alpha value is -1.56. The summed E-state index contributed by atoms with van der Waals surface area (Å²) in [5, 5.41) is 0. The van der Waals surface area contributed by atoms with Crippen molar-refractivity contribution >= 4 is 11.9 Å². The van der Waals surface area contributed by atoms with Crippen LogP contribution in [0.15, 0.2) is 11.5 Å². The molecule has 0 aromatic heterocycles. The third-order valence-electron chi connectivity index (χ3n) is 2.91. The number of nitrogens with zero attached hydrogens (tertiary/aromatic N) is 1. The topological polar surface area (TPSA) is 81.9 Å². The van der Waals surface area contributed by atoms with E-state index in [1.807, 2.05) is 0 Å². The van der Waals surface area contributed by atoms with Gasteiger partial charge in [0.25, 0.3) is 0 Å². The molecular weight excluding hydrogens is 236 g/mol. The summed E-state index contributed by atoms with van der Waals surface area (Å²) in [5.41, 5.74) is 5.22. The van der Waals surface area contributed by atoms with Gasteiger partial charge >= 0.3 is 5.97 Å². The maximum Gasteiger partial charge on any atom is 0.359 e. The molecule has 18 heavy (non-hydrogen) atoms. The van der Waals surface area contributed by atoms with E-state index in [-0.39, 0.29) is 17.6 Å². The minimum atomic E-state index is -0.618. The number of nitrogens with two attached hydrogens (primary N) is 1. The second kappa shape index (κ2) is 3.98. The van der Waals surface area contributed by atoms with Gasteiger partial charge in [-0.3, -0.25) is 9.69 Å². The van der Waals surface area contributed by atoms with Gasteiger partial charge in [-0.15, -0.1) is 0 Å². The quantitative estimate of drug-likeness (QED) is 0.531. The number of allylic oxidation sites excluding steroid dienone is 1. The van der Waals surface area contributed by atoms with E-state index in [0.29, 0.717) is 12.4 Å². The Morgan fingerprint density at radius 1 is 1.50 bits per heavy atom. The molecule has 0 aromatic carbocycles. The lowest BCUT2D eigenvalue weighted by Gasteiger charge is -2.48. The highest BCUT2D eigenvalue weighted by Gasteiger charge is 2.52. The summed E-state index contributed by atoms with van der Waals surface area (Å²) in [5.74, 6) is -0.408. The average molecular weight is 254 g/mol. The zero-order valence-electron chi connectivity index (χ0n) is 11.0. The number of β-lactam (4-membered cyclic amide) rings is 1. The monoisotopic (exact) mass is 254 g/mol. The van der Waals surface area contributed by atoms with Crippen molar-refractivity contribution in [2.45, 2.75) is 45.4 Å². The Morgan fingerprint density at radius 2 is 2.11 bits per heavy atom. The SMILES string of the molecule is CC1=C(C(=O)OC(C)(C)C)N2C(=O)[C@H](N)[C@H]2CO1. The number of hydrogen-bond acceptors (Lipinski definition) is 5. The summed E-state index contributed by atoms with van der Waals surface area (Å²) in [6.07, 6.45) is 0. The van der Waals surface area contributed by atoms with Crippen LogP contribution in [0.3, 0.4) is 0 Å². The molecule has 1 amide bonds. The average Bonchev–Trinajstić information content (AvgIpc) is 2.25. The molecule has 1 fully saturated rings. The van der Waals surface area contributed by atoms with E-state index in [2.05, 4.69) is 0 Å². The van der Waals surface area contributed by atoms with Crippen LogP contribution in [0.1, 0.15) is 27.7 Å². The van der Waals surface area contributed by atoms with Gasteiger partial charge in [0.15, 0.2) is 5.70 Å². The van der Waals surface area contributed by atoms with Crippen LogP contribution in [0.25, 0.3) is 0 Å². The predicted octanol–water partition coefficient (Wildman–Crippen LogP) is 0.128. The minimum absolute atomic E-state index is 0.174. The van der Waals surface area contributed by atoms with E-state index >= 15 is 0 Å². The number of esters is 1. The number of carbonyl (C=O) groups is 2. The molecule has 0 aliphatic carbocycles. The Kier molecular flexibility index (Phi) is 2.85. The highest BCUT2D eigenvalue weighted by molar-refractivity contribution is 6.00. The predicted molar refractivity (Wildman–Crippen MR) is 63.1 cm³/mol.